The summed E-state index contributed by atoms with van der Waals surface area (Å²) < 4.78 is 28.7. The summed E-state index contributed by atoms with van der Waals surface area (Å²) in [6.07, 6.45) is 0. The maximum absolute atomic E-state index is 12.0. The summed E-state index contributed by atoms with van der Waals surface area (Å²) in [7, 11) is -4.12. The Morgan fingerprint density at radius 2 is 1.83 bits per heavy atom. The van der Waals surface area contributed by atoms with Crippen LogP contribution in [0.25, 0.3) is 0 Å². The minimum absolute atomic E-state index is 0.0636. The number of hydrogen-bond acceptors (Lipinski definition) is 5. The lowest BCUT2D eigenvalue weighted by molar-refractivity contribution is 0.339. The third kappa shape index (κ3) is 4.23. The van der Waals surface area contributed by atoms with E-state index >= 15 is 0 Å². The van der Waals surface area contributed by atoms with Crippen LogP contribution in [0.15, 0.2) is 52.5 Å². The normalized spacial score (nSPS) is 11.8. The molecule has 0 fully saturated rings. The second-order valence-corrected chi connectivity index (χ2v) is 6.89. The molecular formula is C15H10Cl2N2O3S. The Labute approximate surface area is 143 Å². The van der Waals surface area contributed by atoms with Crippen molar-refractivity contribution in [3.8, 4) is 6.07 Å². The molecule has 0 unspecified atom stereocenters. The molecule has 0 heterocycles. The molecule has 23 heavy (non-hydrogen) atoms. The van der Waals surface area contributed by atoms with Crippen molar-refractivity contribution in [3.05, 3.63) is 63.6 Å². The number of aryl methyl sites for hydroxylation is 1. The van der Waals surface area contributed by atoms with E-state index in [1.807, 2.05) is 6.92 Å². The average molecular weight is 369 g/mol. The van der Waals surface area contributed by atoms with Crippen molar-refractivity contribution in [2.24, 2.45) is 5.16 Å². The van der Waals surface area contributed by atoms with Gasteiger partial charge in [-0.2, -0.15) is 13.7 Å². The van der Waals surface area contributed by atoms with Gasteiger partial charge in [0.15, 0.2) is 5.71 Å². The second-order valence-electron chi connectivity index (χ2n) is 4.52. The van der Waals surface area contributed by atoms with Gasteiger partial charge >= 0.3 is 10.1 Å². The van der Waals surface area contributed by atoms with Crippen molar-refractivity contribution in [3.63, 3.8) is 0 Å². The van der Waals surface area contributed by atoms with Crippen molar-refractivity contribution in [1.82, 2.24) is 0 Å². The smallest absolute Gasteiger partial charge is 0.263 e. The van der Waals surface area contributed by atoms with Crippen LogP contribution in [-0.4, -0.2) is 14.1 Å². The Bertz CT molecular complexity index is 901. The summed E-state index contributed by atoms with van der Waals surface area (Å²) in [5.74, 6) is 0. The van der Waals surface area contributed by atoms with Crippen molar-refractivity contribution < 1.29 is 12.7 Å². The molecule has 0 aliphatic carbocycles. The van der Waals surface area contributed by atoms with E-state index in [9.17, 15) is 8.42 Å². The molecule has 0 aliphatic rings. The van der Waals surface area contributed by atoms with Gasteiger partial charge in [0, 0.05) is 10.6 Å². The van der Waals surface area contributed by atoms with Crippen molar-refractivity contribution in [1.29, 1.82) is 5.26 Å². The highest BCUT2D eigenvalue weighted by molar-refractivity contribution is 7.86. The van der Waals surface area contributed by atoms with Gasteiger partial charge in [0.05, 0.1) is 5.02 Å². The maximum atomic E-state index is 12.0. The maximum Gasteiger partial charge on any atom is 0.358 e. The summed E-state index contributed by atoms with van der Waals surface area (Å²) in [4.78, 5) is -0.0636. The van der Waals surface area contributed by atoms with Crippen LogP contribution in [0.5, 0.6) is 0 Å². The number of hydrogen-bond donors (Lipinski definition) is 0. The van der Waals surface area contributed by atoms with Crippen LogP contribution >= 0.6 is 23.2 Å². The van der Waals surface area contributed by atoms with Crippen LogP contribution in [0.2, 0.25) is 10.0 Å². The van der Waals surface area contributed by atoms with Crippen LogP contribution in [0.1, 0.15) is 11.1 Å². The quantitative estimate of drug-likeness (QED) is 0.604. The fourth-order valence-corrected chi connectivity index (χ4v) is 2.87. The molecule has 2 rings (SSSR count). The molecule has 0 N–H and O–H groups in total. The van der Waals surface area contributed by atoms with E-state index in [1.54, 1.807) is 18.2 Å². The Kier molecular flexibility index (Phi) is 5.26. The summed E-state index contributed by atoms with van der Waals surface area (Å²) >= 11 is 11.7. The van der Waals surface area contributed by atoms with E-state index in [4.69, 9.17) is 28.5 Å². The van der Waals surface area contributed by atoms with E-state index in [1.165, 1.54) is 30.3 Å². The second kappa shape index (κ2) is 7.01. The summed E-state index contributed by atoms with van der Waals surface area (Å²) in [5.41, 5.74) is 0.845. The molecule has 5 nitrogen and oxygen atoms in total. The molecule has 0 saturated carbocycles. The lowest BCUT2D eigenvalue weighted by Crippen LogP contribution is -2.06. The van der Waals surface area contributed by atoms with Crippen molar-refractivity contribution in [2.75, 3.05) is 0 Å². The first kappa shape index (κ1) is 17.3. The minimum Gasteiger partial charge on any atom is -0.263 e. The zero-order valence-electron chi connectivity index (χ0n) is 11.8. The molecule has 0 radical (unpaired) electrons. The molecule has 2 aromatic rings. The van der Waals surface area contributed by atoms with Gasteiger partial charge in [-0.3, -0.25) is 4.28 Å². The highest BCUT2D eigenvalue weighted by Crippen LogP contribution is 2.22. The fourth-order valence-electron chi connectivity index (χ4n) is 1.65. The topological polar surface area (TPSA) is 79.5 Å². The minimum atomic E-state index is -4.12. The van der Waals surface area contributed by atoms with E-state index in [0.29, 0.717) is 5.02 Å². The Morgan fingerprint density at radius 1 is 1.17 bits per heavy atom. The molecule has 0 aromatic heterocycles. The van der Waals surface area contributed by atoms with Gasteiger partial charge in [-0.05, 0) is 37.3 Å². The highest BCUT2D eigenvalue weighted by Gasteiger charge is 2.17. The molecule has 118 valence electrons. The lowest BCUT2D eigenvalue weighted by atomic mass is 10.1. The van der Waals surface area contributed by atoms with Gasteiger partial charge in [-0.15, -0.1) is 0 Å². The molecule has 0 aliphatic heterocycles. The standard InChI is InChI=1S/C15H10Cl2N2O3S/c1-10-2-5-12(6-3-10)23(20,21)22-19-15(9-18)13-7-4-11(16)8-14(13)17/h2-8H,1H3/b19-15-. The predicted molar refractivity (Wildman–Crippen MR) is 88.1 cm³/mol. The third-order valence-corrected chi connectivity index (χ3v) is 4.50. The Balaban J connectivity index is 2.32. The monoisotopic (exact) mass is 368 g/mol. The third-order valence-electron chi connectivity index (χ3n) is 2.83. The largest absolute Gasteiger partial charge is 0.358 e. The first-order valence-electron chi connectivity index (χ1n) is 6.27. The van der Waals surface area contributed by atoms with Gasteiger partial charge in [-0.1, -0.05) is 46.1 Å². The summed E-state index contributed by atoms with van der Waals surface area (Å²) in [6.45, 7) is 1.83. The van der Waals surface area contributed by atoms with Crippen LogP contribution in [0, 0.1) is 18.3 Å². The number of benzene rings is 2. The van der Waals surface area contributed by atoms with Gasteiger partial charge < -0.3 is 0 Å². The zero-order chi connectivity index (χ0) is 17.0. The summed E-state index contributed by atoms with van der Waals surface area (Å²) in [6, 6.07) is 12.2. The van der Waals surface area contributed by atoms with Crippen molar-refractivity contribution >= 4 is 39.0 Å². The first-order valence-corrected chi connectivity index (χ1v) is 8.44. The van der Waals surface area contributed by atoms with E-state index in [-0.39, 0.29) is 21.2 Å². The van der Waals surface area contributed by atoms with Gasteiger partial charge in [-0.25, -0.2) is 0 Å². The molecule has 0 spiro atoms. The number of oxime groups is 1. The summed E-state index contributed by atoms with van der Waals surface area (Å²) in [5, 5.41) is 13.1. The van der Waals surface area contributed by atoms with Crippen LogP contribution in [-0.2, 0) is 14.4 Å². The average Bonchev–Trinajstić information content (AvgIpc) is 2.50. The van der Waals surface area contributed by atoms with Crippen molar-refractivity contribution in [2.45, 2.75) is 11.8 Å². The van der Waals surface area contributed by atoms with Crippen LogP contribution in [0.3, 0.4) is 0 Å². The molecule has 0 bridgehead atoms. The Morgan fingerprint density at radius 3 is 2.39 bits per heavy atom. The number of nitriles is 1. The molecule has 2 aromatic carbocycles. The van der Waals surface area contributed by atoms with Crippen LogP contribution < -0.4 is 0 Å². The Hall–Kier alpha value is -2.07. The fraction of sp³-hybridized carbons (Fsp3) is 0.0667. The molecule has 8 heteroatoms. The molecule has 0 saturated heterocycles. The first-order chi connectivity index (χ1) is 10.8. The molecular weight excluding hydrogens is 359 g/mol. The van der Waals surface area contributed by atoms with E-state index < -0.39 is 10.1 Å². The number of rotatable bonds is 4. The SMILES string of the molecule is Cc1ccc(S(=O)(=O)O/N=C(/C#N)c2ccc(Cl)cc2Cl)cc1. The molecule has 0 atom stereocenters. The highest BCUT2D eigenvalue weighted by atomic mass is 35.5. The van der Waals surface area contributed by atoms with Gasteiger partial charge in [0.25, 0.3) is 0 Å². The van der Waals surface area contributed by atoms with Gasteiger partial charge in [0.1, 0.15) is 11.0 Å². The zero-order valence-corrected chi connectivity index (χ0v) is 14.2. The number of halogens is 2. The van der Waals surface area contributed by atoms with Gasteiger partial charge in [0.2, 0.25) is 0 Å². The number of nitrogens with zero attached hydrogens (tertiary/aromatic N) is 2. The molecule has 0 amide bonds. The predicted octanol–water partition coefficient (Wildman–Crippen LogP) is 3.94. The van der Waals surface area contributed by atoms with Crippen LogP contribution in [0.4, 0.5) is 0 Å². The lowest BCUT2D eigenvalue weighted by Gasteiger charge is -2.04. The van der Waals surface area contributed by atoms with E-state index in [0.717, 1.165) is 5.56 Å². The van der Waals surface area contributed by atoms with E-state index in [2.05, 4.69) is 9.44 Å².